The summed E-state index contributed by atoms with van der Waals surface area (Å²) >= 11 is 0. The molecule has 0 bridgehead atoms. The van der Waals surface area contributed by atoms with Gasteiger partial charge in [0.25, 0.3) is 0 Å². The first-order chi connectivity index (χ1) is 19.0. The van der Waals surface area contributed by atoms with E-state index in [2.05, 4.69) is 4.90 Å². The van der Waals surface area contributed by atoms with Crippen LogP contribution < -0.4 is 5.73 Å². The zero-order valence-corrected chi connectivity index (χ0v) is 22.0. The lowest BCUT2D eigenvalue weighted by Crippen LogP contribution is -2.66. The van der Waals surface area contributed by atoms with E-state index in [0.717, 1.165) is 42.0 Å². The summed E-state index contributed by atoms with van der Waals surface area (Å²) in [5.41, 5.74) is 5.68. The van der Waals surface area contributed by atoms with Gasteiger partial charge in [0, 0.05) is 31.5 Å². The van der Waals surface area contributed by atoms with E-state index in [1.165, 1.54) is 6.07 Å². The highest BCUT2D eigenvalue weighted by molar-refractivity contribution is 6.24. The standard InChI is InChI=1S/C30H31N3O7/c1-33-10-2-3-22(33)32-17-6-4-14(5-7-17)18-8-9-20(34)24-19(18)12-15-11-16-13-21(35)25(29(31)39)28(38)30(16,40)27(37)23(15)26(24)36/h4-9,15-16,21,25,34-36,40H,2-3,10-13H2,1H3,(H2,31,39)/t15-,16+,21?,25?,30+/m1/s1. The molecule has 4 aliphatic rings. The average molecular weight is 546 g/mol. The fraction of sp³-hybridized carbons (Fsp3) is 0.400. The van der Waals surface area contributed by atoms with E-state index in [9.17, 15) is 34.8 Å². The second kappa shape index (κ2) is 9.28. The Kier molecular flexibility index (Phi) is 6.08. The van der Waals surface area contributed by atoms with Gasteiger partial charge in [-0.2, -0.15) is 0 Å². The van der Waals surface area contributed by atoms with Crippen molar-refractivity contribution < 1.29 is 34.8 Å². The molecular formula is C30H31N3O7. The fourth-order valence-corrected chi connectivity index (χ4v) is 7.00. The van der Waals surface area contributed by atoms with Crippen LogP contribution in [0.5, 0.6) is 5.75 Å². The second-order valence-corrected chi connectivity index (χ2v) is 11.3. The Balaban J connectivity index is 1.40. The van der Waals surface area contributed by atoms with Crippen molar-refractivity contribution >= 4 is 34.8 Å². The van der Waals surface area contributed by atoms with Crippen LogP contribution in [-0.2, 0) is 20.8 Å². The molecule has 2 aromatic carbocycles. The first kappa shape index (κ1) is 26.2. The number of phenols is 1. The van der Waals surface area contributed by atoms with Crippen LogP contribution in [-0.4, -0.2) is 73.9 Å². The van der Waals surface area contributed by atoms with Crippen molar-refractivity contribution in [3.63, 3.8) is 0 Å². The van der Waals surface area contributed by atoms with Gasteiger partial charge in [-0.05, 0) is 66.5 Å². The minimum absolute atomic E-state index is 0.0748. The number of amidine groups is 1. The molecule has 2 saturated carbocycles. The van der Waals surface area contributed by atoms with E-state index in [1.54, 1.807) is 6.07 Å². The molecule has 3 aliphatic carbocycles. The Labute approximate surface area is 230 Å². The number of hydrogen-bond acceptors (Lipinski definition) is 8. The van der Waals surface area contributed by atoms with Gasteiger partial charge >= 0.3 is 0 Å². The van der Waals surface area contributed by atoms with Gasteiger partial charge in [0.2, 0.25) is 11.7 Å². The van der Waals surface area contributed by atoms with Crippen LogP contribution in [0.1, 0.15) is 36.8 Å². The van der Waals surface area contributed by atoms with Gasteiger partial charge in [-0.1, -0.05) is 18.2 Å². The lowest BCUT2D eigenvalue weighted by molar-refractivity contribution is -0.174. The van der Waals surface area contributed by atoms with Gasteiger partial charge in [0.05, 0.1) is 17.4 Å². The smallest absolute Gasteiger partial charge is 0.230 e. The van der Waals surface area contributed by atoms with Crippen molar-refractivity contribution in [2.75, 3.05) is 13.6 Å². The minimum Gasteiger partial charge on any atom is -0.507 e. The van der Waals surface area contributed by atoms with Gasteiger partial charge in [-0.3, -0.25) is 14.4 Å². The van der Waals surface area contributed by atoms with E-state index >= 15 is 0 Å². The molecule has 40 heavy (non-hydrogen) atoms. The van der Waals surface area contributed by atoms with Crippen LogP contribution in [0.25, 0.3) is 16.9 Å². The zero-order valence-electron chi connectivity index (χ0n) is 22.0. The average Bonchev–Trinajstić information content (AvgIpc) is 3.30. The number of aliphatic imine (C=N–C) groups is 1. The maximum atomic E-state index is 13.7. The maximum absolute atomic E-state index is 13.7. The Morgan fingerprint density at radius 1 is 1.10 bits per heavy atom. The Hall–Kier alpha value is -4.02. The third-order valence-corrected chi connectivity index (χ3v) is 9.04. The van der Waals surface area contributed by atoms with Crippen molar-refractivity contribution in [1.82, 2.24) is 4.90 Å². The number of amides is 1. The highest BCUT2D eigenvalue weighted by Gasteiger charge is 2.64. The van der Waals surface area contributed by atoms with Gasteiger partial charge in [-0.25, -0.2) is 4.99 Å². The predicted octanol–water partition coefficient (Wildman–Crippen LogP) is 2.01. The van der Waals surface area contributed by atoms with Crippen LogP contribution in [0.15, 0.2) is 47.0 Å². The number of aliphatic hydroxyl groups is 3. The number of carbonyl (C=O) groups excluding carboxylic acids is 3. The summed E-state index contributed by atoms with van der Waals surface area (Å²) in [5, 5.41) is 43.9. The molecule has 10 nitrogen and oxygen atoms in total. The topological polar surface area (TPSA) is 174 Å². The fourth-order valence-electron chi connectivity index (χ4n) is 7.00. The Bertz CT molecular complexity index is 1510. The highest BCUT2D eigenvalue weighted by atomic mass is 16.3. The molecule has 1 saturated heterocycles. The molecule has 1 amide bonds. The second-order valence-electron chi connectivity index (χ2n) is 11.3. The number of aromatic hydroxyl groups is 1. The molecular weight excluding hydrogens is 514 g/mol. The molecule has 10 heteroatoms. The molecule has 3 fully saturated rings. The number of primary amides is 1. The number of ketones is 2. The summed E-state index contributed by atoms with van der Waals surface area (Å²) in [6, 6.07) is 10.8. The molecule has 6 rings (SSSR count). The summed E-state index contributed by atoms with van der Waals surface area (Å²) in [4.78, 5) is 45.5. The predicted molar refractivity (Wildman–Crippen MR) is 146 cm³/mol. The van der Waals surface area contributed by atoms with Crippen LogP contribution >= 0.6 is 0 Å². The van der Waals surface area contributed by atoms with Gasteiger partial charge in [0.1, 0.15) is 23.3 Å². The number of benzene rings is 2. The lowest BCUT2D eigenvalue weighted by atomic mass is 9.56. The lowest BCUT2D eigenvalue weighted by Gasteiger charge is -2.48. The number of hydrogen-bond donors (Lipinski definition) is 5. The normalized spacial score (nSPS) is 30.8. The summed E-state index contributed by atoms with van der Waals surface area (Å²) in [5.74, 6) is -6.22. The maximum Gasteiger partial charge on any atom is 0.230 e. The molecule has 0 radical (unpaired) electrons. The van der Waals surface area contributed by atoms with E-state index in [1.807, 2.05) is 31.3 Å². The number of aliphatic hydroxyl groups excluding tert-OH is 2. The minimum atomic E-state index is -2.59. The van der Waals surface area contributed by atoms with Crippen molar-refractivity contribution in [1.29, 1.82) is 0 Å². The molecule has 2 aromatic rings. The third-order valence-electron chi connectivity index (χ3n) is 9.04. The van der Waals surface area contributed by atoms with Crippen molar-refractivity contribution in [3.05, 3.63) is 53.1 Å². The molecule has 5 atom stereocenters. The quantitative estimate of drug-likeness (QED) is 0.364. The van der Waals surface area contributed by atoms with Crippen LogP contribution in [0.2, 0.25) is 0 Å². The number of Topliss-reactive ketones (excluding diaryl/α,β-unsaturated/α-hetero) is 2. The van der Waals surface area contributed by atoms with Gasteiger partial charge in [-0.15, -0.1) is 0 Å². The van der Waals surface area contributed by atoms with Crippen molar-refractivity contribution in [2.45, 2.75) is 43.8 Å². The van der Waals surface area contributed by atoms with E-state index in [0.29, 0.717) is 5.56 Å². The SMILES string of the molecule is CN1CCCC1=Nc1ccc(-c2ccc(O)c3c2C[C@H]2C[C@H]4CC(O)C(C(N)=O)C(=O)[C@@]4(O)C(=O)C2=C3O)cc1. The first-order valence-electron chi connectivity index (χ1n) is 13.5. The molecule has 0 aromatic heterocycles. The van der Waals surface area contributed by atoms with Crippen LogP contribution in [0, 0.1) is 17.8 Å². The van der Waals surface area contributed by atoms with Gasteiger partial charge in [0.15, 0.2) is 11.4 Å². The summed E-state index contributed by atoms with van der Waals surface area (Å²) < 4.78 is 0. The molecule has 0 spiro atoms. The zero-order chi connectivity index (χ0) is 28.5. The Morgan fingerprint density at radius 2 is 1.82 bits per heavy atom. The van der Waals surface area contributed by atoms with Crippen LogP contribution in [0.4, 0.5) is 5.69 Å². The monoisotopic (exact) mass is 545 g/mol. The largest absolute Gasteiger partial charge is 0.507 e. The number of likely N-dealkylation sites (tertiary alicyclic amines) is 1. The van der Waals surface area contributed by atoms with Crippen LogP contribution in [0.3, 0.4) is 0 Å². The molecule has 2 unspecified atom stereocenters. The summed E-state index contributed by atoms with van der Waals surface area (Å²) in [6.45, 7) is 0.982. The van der Waals surface area contributed by atoms with E-state index in [-0.39, 0.29) is 36.1 Å². The number of rotatable bonds is 3. The number of nitrogens with zero attached hydrogens (tertiary/aromatic N) is 2. The molecule has 1 aliphatic heterocycles. The van der Waals surface area contributed by atoms with E-state index < -0.39 is 52.7 Å². The number of carbonyl (C=O) groups is 3. The third kappa shape index (κ3) is 3.77. The molecule has 6 N–H and O–H groups in total. The van der Waals surface area contributed by atoms with Crippen molar-refractivity contribution in [2.24, 2.45) is 28.5 Å². The number of nitrogens with two attached hydrogens (primary N) is 1. The Morgan fingerprint density at radius 3 is 2.48 bits per heavy atom. The highest BCUT2D eigenvalue weighted by Crippen LogP contribution is 2.52. The first-order valence-corrected chi connectivity index (χ1v) is 13.5. The summed E-state index contributed by atoms with van der Waals surface area (Å²) in [6.07, 6.45) is 0.810. The van der Waals surface area contributed by atoms with Crippen molar-refractivity contribution in [3.8, 4) is 16.9 Å². The number of fused-ring (bicyclic) bond motifs is 3. The molecule has 1 heterocycles. The van der Waals surface area contributed by atoms with E-state index in [4.69, 9.17) is 10.7 Å². The van der Waals surface area contributed by atoms with Gasteiger partial charge < -0.3 is 31.1 Å². The number of phenolic OH excluding ortho intramolecular Hbond substituents is 1. The summed E-state index contributed by atoms with van der Waals surface area (Å²) in [7, 11) is 2.02. The molecule has 208 valence electrons.